The Hall–Kier alpha value is -2.19. The van der Waals surface area contributed by atoms with Crippen LogP contribution in [0.15, 0.2) is 36.5 Å². The lowest BCUT2D eigenvalue weighted by Gasteiger charge is -2.13. The predicted molar refractivity (Wildman–Crippen MR) is 115 cm³/mol. The average molecular weight is 471 g/mol. The maximum atomic E-state index is 12.5. The van der Waals surface area contributed by atoms with Crippen LogP contribution in [-0.4, -0.2) is 27.9 Å². The monoisotopic (exact) mass is 469 g/mol. The summed E-state index contributed by atoms with van der Waals surface area (Å²) in [6.07, 6.45) is 0.273. The molecule has 10 heteroatoms. The number of nitrogens with one attached hydrogen (secondary N) is 1. The minimum Gasteiger partial charge on any atom is -0.448 e. The Morgan fingerprint density at radius 1 is 1.14 bits per heavy atom. The fourth-order valence-corrected chi connectivity index (χ4v) is 3.80. The summed E-state index contributed by atoms with van der Waals surface area (Å²) in [5, 5.41) is 4.28. The molecule has 150 valence electrons. The number of ether oxygens (including phenoxy) is 1. The van der Waals surface area contributed by atoms with Crippen molar-refractivity contribution in [1.82, 2.24) is 9.97 Å². The number of halogens is 3. The summed E-state index contributed by atoms with van der Waals surface area (Å²) in [4.78, 5) is 33.5. The van der Waals surface area contributed by atoms with Gasteiger partial charge in [0.2, 0.25) is 0 Å². The predicted octanol–water partition coefficient (Wildman–Crippen LogP) is 5.66. The van der Waals surface area contributed by atoms with Gasteiger partial charge >= 0.3 is 5.97 Å². The Kier molecular flexibility index (Phi) is 6.74. The number of aryl methyl sites for hydroxylation is 1. The standard InChI is InChI=1S/C19H14Cl3N3O3S/c1-9-15(29-18(24-9)11-3-5-12(20)6-4-11)19(27)28-10(2)17(26)25-16-14(22)7-13(21)8-23-16/h3-8,10H,1-2H3,(H,23,25,26). The van der Waals surface area contributed by atoms with Gasteiger partial charge in [0.25, 0.3) is 5.91 Å². The van der Waals surface area contributed by atoms with E-state index in [4.69, 9.17) is 39.5 Å². The van der Waals surface area contributed by atoms with E-state index in [1.54, 1.807) is 19.1 Å². The summed E-state index contributed by atoms with van der Waals surface area (Å²) >= 11 is 18.8. The maximum Gasteiger partial charge on any atom is 0.351 e. The van der Waals surface area contributed by atoms with E-state index in [0.29, 0.717) is 25.6 Å². The molecule has 1 amide bonds. The smallest absolute Gasteiger partial charge is 0.351 e. The zero-order valence-electron chi connectivity index (χ0n) is 15.2. The van der Waals surface area contributed by atoms with Gasteiger partial charge in [0.1, 0.15) is 9.88 Å². The molecule has 1 unspecified atom stereocenters. The zero-order chi connectivity index (χ0) is 21.1. The van der Waals surface area contributed by atoms with Crippen LogP contribution >= 0.6 is 46.1 Å². The Morgan fingerprint density at radius 3 is 2.48 bits per heavy atom. The summed E-state index contributed by atoms with van der Waals surface area (Å²) in [7, 11) is 0. The molecule has 0 aliphatic carbocycles. The number of pyridine rings is 1. The van der Waals surface area contributed by atoms with Crippen LogP contribution in [0.1, 0.15) is 22.3 Å². The van der Waals surface area contributed by atoms with E-state index in [-0.39, 0.29) is 10.8 Å². The van der Waals surface area contributed by atoms with Crippen molar-refractivity contribution >= 4 is 63.8 Å². The minimum absolute atomic E-state index is 0.128. The lowest BCUT2D eigenvalue weighted by molar-refractivity contribution is -0.123. The Balaban J connectivity index is 1.69. The van der Waals surface area contributed by atoms with Crippen LogP contribution in [0.3, 0.4) is 0 Å². The number of rotatable bonds is 5. The lowest BCUT2D eigenvalue weighted by atomic mass is 10.2. The molecular weight excluding hydrogens is 457 g/mol. The van der Waals surface area contributed by atoms with Crippen LogP contribution in [-0.2, 0) is 9.53 Å². The molecule has 0 saturated heterocycles. The summed E-state index contributed by atoms with van der Waals surface area (Å²) in [6, 6.07) is 8.56. The molecule has 0 aliphatic heterocycles. The number of hydrogen-bond donors (Lipinski definition) is 1. The van der Waals surface area contributed by atoms with Gasteiger partial charge < -0.3 is 10.1 Å². The van der Waals surface area contributed by atoms with Crippen molar-refractivity contribution in [3.8, 4) is 10.6 Å². The first-order valence-corrected chi connectivity index (χ1v) is 10.3. The molecule has 0 bridgehead atoms. The third-order valence-electron chi connectivity index (χ3n) is 3.78. The fraction of sp³-hybridized carbons (Fsp3) is 0.158. The first-order valence-electron chi connectivity index (χ1n) is 8.31. The fourth-order valence-electron chi connectivity index (χ4n) is 2.29. The number of amides is 1. The van der Waals surface area contributed by atoms with Crippen molar-refractivity contribution in [2.75, 3.05) is 5.32 Å². The Morgan fingerprint density at radius 2 is 1.83 bits per heavy atom. The van der Waals surface area contributed by atoms with Gasteiger partial charge in [-0.2, -0.15) is 0 Å². The van der Waals surface area contributed by atoms with Gasteiger partial charge in [-0.15, -0.1) is 11.3 Å². The van der Waals surface area contributed by atoms with Crippen LogP contribution in [0.5, 0.6) is 0 Å². The number of aromatic nitrogens is 2. The molecule has 6 nitrogen and oxygen atoms in total. The molecule has 3 rings (SSSR count). The highest BCUT2D eigenvalue weighted by Crippen LogP contribution is 2.29. The third kappa shape index (κ3) is 5.25. The highest BCUT2D eigenvalue weighted by Gasteiger charge is 2.24. The Labute approximate surface area is 185 Å². The SMILES string of the molecule is Cc1nc(-c2ccc(Cl)cc2)sc1C(=O)OC(C)C(=O)Nc1ncc(Cl)cc1Cl. The number of carbonyl (C=O) groups excluding carboxylic acids is 2. The molecular formula is C19H14Cl3N3O3S. The number of hydrogen-bond acceptors (Lipinski definition) is 6. The van der Waals surface area contributed by atoms with Crippen molar-refractivity contribution in [3.63, 3.8) is 0 Å². The van der Waals surface area contributed by atoms with Crippen LogP contribution in [0.2, 0.25) is 15.1 Å². The summed E-state index contributed by atoms with van der Waals surface area (Å²) in [6.45, 7) is 3.15. The normalized spacial score (nSPS) is 11.8. The highest BCUT2D eigenvalue weighted by atomic mass is 35.5. The van der Waals surface area contributed by atoms with E-state index in [1.165, 1.54) is 30.5 Å². The van der Waals surface area contributed by atoms with Crippen molar-refractivity contribution in [3.05, 3.63) is 62.2 Å². The largest absolute Gasteiger partial charge is 0.448 e. The first kappa shape index (κ1) is 21.5. The molecule has 0 radical (unpaired) electrons. The number of anilines is 1. The maximum absolute atomic E-state index is 12.5. The second-order valence-electron chi connectivity index (χ2n) is 5.96. The quantitative estimate of drug-likeness (QED) is 0.487. The highest BCUT2D eigenvalue weighted by molar-refractivity contribution is 7.17. The number of benzene rings is 1. The number of esters is 1. The lowest BCUT2D eigenvalue weighted by Crippen LogP contribution is -2.30. The molecule has 0 aliphatic rings. The third-order valence-corrected chi connectivity index (χ3v) is 5.71. The average Bonchev–Trinajstić information content (AvgIpc) is 3.06. The van der Waals surface area contributed by atoms with Crippen LogP contribution < -0.4 is 5.32 Å². The van der Waals surface area contributed by atoms with E-state index < -0.39 is 18.0 Å². The van der Waals surface area contributed by atoms with Gasteiger partial charge in [-0.1, -0.05) is 46.9 Å². The van der Waals surface area contributed by atoms with Crippen molar-refractivity contribution < 1.29 is 14.3 Å². The topological polar surface area (TPSA) is 81.2 Å². The molecule has 1 N–H and O–H groups in total. The molecule has 0 spiro atoms. The number of nitrogens with zero attached hydrogens (tertiary/aromatic N) is 2. The summed E-state index contributed by atoms with van der Waals surface area (Å²) < 4.78 is 5.28. The molecule has 2 heterocycles. The first-order chi connectivity index (χ1) is 13.7. The molecule has 0 fully saturated rings. The minimum atomic E-state index is -1.07. The zero-order valence-corrected chi connectivity index (χ0v) is 18.3. The molecule has 1 aromatic carbocycles. The van der Waals surface area contributed by atoms with Gasteiger partial charge in [-0.3, -0.25) is 4.79 Å². The van der Waals surface area contributed by atoms with Gasteiger partial charge in [0.15, 0.2) is 11.9 Å². The number of thiazole rings is 1. The molecule has 1 atom stereocenters. The van der Waals surface area contributed by atoms with Gasteiger partial charge in [-0.05, 0) is 32.0 Å². The second kappa shape index (κ2) is 9.09. The summed E-state index contributed by atoms with van der Waals surface area (Å²) in [5.41, 5.74) is 1.34. The van der Waals surface area contributed by atoms with Gasteiger partial charge in [-0.25, -0.2) is 14.8 Å². The van der Waals surface area contributed by atoms with E-state index in [1.807, 2.05) is 12.1 Å². The Bertz CT molecular complexity index is 1070. The van der Waals surface area contributed by atoms with E-state index in [9.17, 15) is 9.59 Å². The van der Waals surface area contributed by atoms with Crippen molar-refractivity contribution in [1.29, 1.82) is 0 Å². The van der Waals surface area contributed by atoms with Crippen molar-refractivity contribution in [2.24, 2.45) is 0 Å². The van der Waals surface area contributed by atoms with Crippen LogP contribution in [0.25, 0.3) is 10.6 Å². The van der Waals surface area contributed by atoms with Crippen molar-refractivity contribution in [2.45, 2.75) is 20.0 Å². The molecule has 2 aromatic heterocycles. The summed E-state index contributed by atoms with van der Waals surface area (Å²) in [5.74, 6) is -1.09. The van der Waals surface area contributed by atoms with Gasteiger partial charge in [0.05, 0.1) is 15.7 Å². The van der Waals surface area contributed by atoms with Crippen LogP contribution in [0.4, 0.5) is 5.82 Å². The van der Waals surface area contributed by atoms with Crippen LogP contribution in [0, 0.1) is 6.92 Å². The molecule has 29 heavy (non-hydrogen) atoms. The van der Waals surface area contributed by atoms with E-state index >= 15 is 0 Å². The van der Waals surface area contributed by atoms with E-state index in [0.717, 1.165) is 5.56 Å². The van der Waals surface area contributed by atoms with E-state index in [2.05, 4.69) is 15.3 Å². The molecule has 0 saturated carbocycles. The number of carbonyl (C=O) groups is 2. The molecule has 3 aromatic rings. The second-order valence-corrected chi connectivity index (χ2v) is 8.24. The van der Waals surface area contributed by atoms with Gasteiger partial charge in [0, 0.05) is 16.8 Å².